The van der Waals surface area contributed by atoms with Crippen molar-refractivity contribution in [3.63, 3.8) is 0 Å². The maximum Gasteiger partial charge on any atom is 0.379 e. The van der Waals surface area contributed by atoms with E-state index in [-0.39, 0.29) is 10.6 Å². The molecule has 0 fully saturated rings. The van der Waals surface area contributed by atoms with Crippen molar-refractivity contribution in [3.8, 4) is 17.0 Å². The normalized spacial score (nSPS) is 14.7. The van der Waals surface area contributed by atoms with Crippen LogP contribution in [0, 0.1) is 0 Å². The molecule has 0 saturated carbocycles. The molecule has 0 radical (unpaired) electrons. The Kier molecular flexibility index (Phi) is 3.47. The van der Waals surface area contributed by atoms with Crippen molar-refractivity contribution in [1.82, 2.24) is 5.16 Å². The molecule has 2 bridgehead atoms. The second kappa shape index (κ2) is 4.92. The number of benzene rings is 1. The number of alkyl halides is 3. The number of hydrogen-bond acceptors (Lipinski definition) is 5. The number of aromatic nitrogens is 1. The van der Waals surface area contributed by atoms with Crippen molar-refractivity contribution in [2.24, 2.45) is 0 Å². The van der Waals surface area contributed by atoms with Crippen LogP contribution in [0.2, 0.25) is 0 Å². The highest BCUT2D eigenvalue weighted by molar-refractivity contribution is 7.87. The van der Waals surface area contributed by atoms with Crippen LogP contribution in [-0.4, -0.2) is 20.3 Å². The van der Waals surface area contributed by atoms with Gasteiger partial charge in [0.05, 0.1) is 0 Å². The highest BCUT2D eigenvalue weighted by Crippen LogP contribution is 2.35. The first kappa shape index (κ1) is 13.4. The van der Waals surface area contributed by atoms with Gasteiger partial charge >= 0.3 is 16.8 Å². The van der Waals surface area contributed by atoms with Gasteiger partial charge in [-0.25, -0.2) is 0 Å². The summed E-state index contributed by atoms with van der Waals surface area (Å²) in [7, 11) is -3.74. The molecule has 102 valence electrons. The number of rotatable bonds is 0. The van der Waals surface area contributed by atoms with Gasteiger partial charge in [0.15, 0.2) is 12.0 Å². The Morgan fingerprint density at radius 1 is 1.21 bits per heavy atom. The van der Waals surface area contributed by atoms with Gasteiger partial charge in [0, 0.05) is 5.56 Å². The molecule has 0 spiro atoms. The number of hydrogen-bond donors (Lipinski definition) is 0. The highest BCUT2D eigenvalue weighted by Gasteiger charge is 2.26. The van der Waals surface area contributed by atoms with Crippen LogP contribution in [0.25, 0.3) is 11.3 Å². The fourth-order valence-corrected chi connectivity index (χ4v) is 2.41. The quantitative estimate of drug-likeness (QED) is 0.698. The topological polar surface area (TPSA) is 69.4 Å². The molecule has 2 aromatic rings. The average molecular weight is 293 g/mol. The summed E-state index contributed by atoms with van der Waals surface area (Å²) in [5.74, 6) is 0.121. The summed E-state index contributed by atoms with van der Waals surface area (Å²) in [5.41, 5.74) is 1.07. The van der Waals surface area contributed by atoms with E-state index in [4.69, 9.17) is 4.18 Å². The van der Waals surface area contributed by atoms with Gasteiger partial charge in [-0.1, -0.05) is 17.3 Å². The molecule has 0 unspecified atom stereocenters. The first-order chi connectivity index (χ1) is 8.90. The lowest BCUT2D eigenvalue weighted by Gasteiger charge is -2.00. The molecule has 0 saturated heterocycles. The Balaban J connectivity index is 0.000000297. The van der Waals surface area contributed by atoms with Crippen LogP contribution in [0.1, 0.15) is 0 Å². The Labute approximate surface area is 105 Å². The highest BCUT2D eigenvalue weighted by atomic mass is 32.2. The molecule has 19 heavy (non-hydrogen) atoms. The maximum atomic E-state index is 11.6. The van der Waals surface area contributed by atoms with E-state index in [0.717, 1.165) is 0 Å². The molecule has 9 heteroatoms. The molecule has 1 aliphatic rings. The molecular weight excluding hydrogens is 287 g/mol. The maximum absolute atomic E-state index is 11.6. The smallest absolute Gasteiger partial charge is 0.373 e. The van der Waals surface area contributed by atoms with Gasteiger partial charge in [0.2, 0.25) is 5.75 Å². The minimum atomic E-state index is -3.74. The van der Waals surface area contributed by atoms with Gasteiger partial charge in [0.1, 0.15) is 4.90 Å². The van der Waals surface area contributed by atoms with Crippen molar-refractivity contribution in [1.29, 1.82) is 0 Å². The molecular formula is C10H6F3NO4S. The zero-order valence-electron chi connectivity index (χ0n) is 9.09. The lowest BCUT2D eigenvalue weighted by molar-refractivity contribution is 0.00819. The van der Waals surface area contributed by atoms with Gasteiger partial charge in [0.25, 0.3) is 0 Å². The van der Waals surface area contributed by atoms with E-state index in [1.54, 1.807) is 12.1 Å². The first-order valence-electron chi connectivity index (χ1n) is 4.81. The fourth-order valence-electron chi connectivity index (χ4n) is 1.45. The summed E-state index contributed by atoms with van der Waals surface area (Å²) >= 11 is 0. The van der Waals surface area contributed by atoms with E-state index >= 15 is 0 Å². The van der Waals surface area contributed by atoms with Gasteiger partial charge in [-0.3, -0.25) is 0 Å². The van der Waals surface area contributed by atoms with E-state index < -0.39 is 16.8 Å². The van der Waals surface area contributed by atoms with E-state index in [2.05, 4.69) is 9.68 Å². The Hall–Kier alpha value is -2.03. The van der Waals surface area contributed by atoms with Crippen LogP contribution in [0.4, 0.5) is 13.2 Å². The predicted molar refractivity (Wildman–Crippen MR) is 56.9 cm³/mol. The molecule has 0 aliphatic carbocycles. The zero-order chi connectivity index (χ0) is 14.0. The van der Waals surface area contributed by atoms with Crippen LogP contribution >= 0.6 is 0 Å². The molecule has 5 nitrogen and oxygen atoms in total. The minimum absolute atomic E-state index is 0.121. The number of halogens is 3. The van der Waals surface area contributed by atoms with E-state index in [1.165, 1.54) is 18.4 Å². The molecule has 1 aromatic carbocycles. The molecule has 0 atom stereocenters. The lowest BCUT2D eigenvalue weighted by Crippen LogP contribution is -2.07. The SMILES string of the molecule is FC(F)F.O=S1(=O)Oc2conc2-c2cccc1c2. The fraction of sp³-hybridized carbons (Fsp3) is 0.100. The Morgan fingerprint density at radius 3 is 2.58 bits per heavy atom. The lowest BCUT2D eigenvalue weighted by atomic mass is 10.1. The minimum Gasteiger partial charge on any atom is -0.373 e. The van der Waals surface area contributed by atoms with Gasteiger partial charge in [-0.05, 0) is 12.1 Å². The van der Waals surface area contributed by atoms with Crippen LogP contribution in [-0.2, 0) is 10.1 Å². The van der Waals surface area contributed by atoms with Crippen LogP contribution in [0.5, 0.6) is 5.75 Å². The summed E-state index contributed by atoms with van der Waals surface area (Å²) in [6, 6.07) is 6.36. The molecule has 1 aliphatic heterocycles. The van der Waals surface area contributed by atoms with Crippen molar-refractivity contribution >= 4 is 10.1 Å². The largest absolute Gasteiger partial charge is 0.379 e. The third-order valence-corrected chi connectivity index (χ3v) is 3.36. The molecule has 1 aromatic heterocycles. The van der Waals surface area contributed by atoms with E-state index in [9.17, 15) is 21.6 Å². The second-order valence-electron chi connectivity index (χ2n) is 3.34. The monoisotopic (exact) mass is 293 g/mol. The average Bonchev–Trinajstić information content (AvgIpc) is 2.73. The third-order valence-electron chi connectivity index (χ3n) is 2.13. The molecule has 0 N–H and O–H groups in total. The van der Waals surface area contributed by atoms with Gasteiger partial charge < -0.3 is 8.71 Å². The summed E-state index contributed by atoms with van der Waals surface area (Å²) in [5, 5.41) is 3.69. The first-order valence-corrected chi connectivity index (χ1v) is 6.22. The van der Waals surface area contributed by atoms with Crippen LogP contribution < -0.4 is 4.18 Å². The van der Waals surface area contributed by atoms with E-state index in [0.29, 0.717) is 11.3 Å². The second-order valence-corrected chi connectivity index (χ2v) is 4.89. The summed E-state index contributed by atoms with van der Waals surface area (Å²) in [6.07, 6.45) is 1.17. The Morgan fingerprint density at radius 2 is 1.89 bits per heavy atom. The van der Waals surface area contributed by atoms with Crippen molar-refractivity contribution in [2.75, 3.05) is 0 Å². The van der Waals surface area contributed by atoms with E-state index in [1.807, 2.05) is 0 Å². The van der Waals surface area contributed by atoms with Gasteiger partial charge in [-0.15, -0.1) is 0 Å². The predicted octanol–water partition coefficient (Wildman–Crippen LogP) is 2.60. The Bertz CT molecular complexity index is 681. The summed E-state index contributed by atoms with van der Waals surface area (Å²) < 4.78 is 61.8. The molecule has 3 rings (SSSR count). The number of fused-ring (bicyclic) bond motifs is 4. The van der Waals surface area contributed by atoms with Crippen molar-refractivity contribution in [2.45, 2.75) is 11.6 Å². The van der Waals surface area contributed by atoms with Gasteiger partial charge in [-0.2, -0.15) is 21.6 Å². The zero-order valence-corrected chi connectivity index (χ0v) is 9.90. The summed E-state index contributed by atoms with van der Waals surface area (Å²) in [4.78, 5) is 0.123. The summed E-state index contributed by atoms with van der Waals surface area (Å²) in [6.45, 7) is -3.67. The molecule has 0 amide bonds. The van der Waals surface area contributed by atoms with Crippen LogP contribution in [0.3, 0.4) is 0 Å². The third kappa shape index (κ3) is 2.87. The molecule has 2 heterocycles. The van der Waals surface area contributed by atoms with Crippen LogP contribution in [0.15, 0.2) is 39.9 Å². The van der Waals surface area contributed by atoms with Crippen molar-refractivity contribution in [3.05, 3.63) is 30.5 Å². The number of nitrogens with zero attached hydrogens (tertiary/aromatic N) is 1. The standard InChI is InChI=1S/C9H5NO4S.CHF3/c11-15(12)7-3-1-2-6(4-7)9-8(14-15)5-13-10-9;2-1(3)4/h1-5H;1H. The van der Waals surface area contributed by atoms with Crippen molar-refractivity contribution < 1.29 is 30.3 Å².